The summed E-state index contributed by atoms with van der Waals surface area (Å²) in [5.74, 6) is -0.332. The Hall–Kier alpha value is -2.77. The number of carbonyl (C=O) groups is 1. The van der Waals surface area contributed by atoms with Gasteiger partial charge in [0.1, 0.15) is 5.82 Å². The molecule has 0 radical (unpaired) electrons. The van der Waals surface area contributed by atoms with E-state index in [4.69, 9.17) is 4.74 Å². The predicted octanol–water partition coefficient (Wildman–Crippen LogP) is 2.92. The van der Waals surface area contributed by atoms with Gasteiger partial charge in [0, 0.05) is 30.9 Å². The summed E-state index contributed by atoms with van der Waals surface area (Å²) in [7, 11) is 0. The van der Waals surface area contributed by atoms with Crippen LogP contribution in [0.2, 0.25) is 0 Å². The largest absolute Gasteiger partial charge is 0.379 e. The molecule has 1 heterocycles. The Labute approximate surface area is 170 Å². The Morgan fingerprint density at radius 1 is 1.14 bits per heavy atom. The van der Waals surface area contributed by atoms with Gasteiger partial charge in [0.05, 0.1) is 19.8 Å². The number of hydrogen-bond acceptors (Lipinski definition) is 4. The first-order chi connectivity index (χ1) is 14.2. The molecule has 0 spiro atoms. The number of hydrogen-bond donors (Lipinski definition) is 2. The van der Waals surface area contributed by atoms with E-state index in [1.807, 2.05) is 24.3 Å². The smallest absolute Gasteiger partial charge is 0.257 e. The van der Waals surface area contributed by atoms with E-state index < -0.39 is 0 Å². The first-order valence-corrected chi connectivity index (χ1v) is 9.92. The monoisotopic (exact) mass is 398 g/mol. The second kappa shape index (κ2) is 10.7. The number of benzene rings is 2. The zero-order valence-corrected chi connectivity index (χ0v) is 16.7. The van der Waals surface area contributed by atoms with E-state index in [0.717, 1.165) is 50.5 Å². The van der Waals surface area contributed by atoms with Crippen LogP contribution in [0.4, 0.5) is 10.1 Å². The summed E-state index contributed by atoms with van der Waals surface area (Å²) in [5.41, 5.74) is 2.40. The summed E-state index contributed by atoms with van der Waals surface area (Å²) < 4.78 is 18.5. The van der Waals surface area contributed by atoms with Gasteiger partial charge in [-0.25, -0.2) is 4.39 Å². The minimum atomic E-state index is -0.379. The number of aryl methyl sites for hydroxylation is 1. The summed E-state index contributed by atoms with van der Waals surface area (Å²) in [4.78, 5) is 19.5. The summed E-state index contributed by atoms with van der Waals surface area (Å²) in [6.07, 6.45) is 0.857. The van der Waals surface area contributed by atoms with Crippen molar-refractivity contribution in [3.05, 3.63) is 65.5 Å². The molecule has 6 nitrogen and oxygen atoms in total. The van der Waals surface area contributed by atoms with Gasteiger partial charge >= 0.3 is 0 Å². The van der Waals surface area contributed by atoms with Crippen molar-refractivity contribution in [2.45, 2.75) is 13.3 Å². The minimum absolute atomic E-state index is 0.336. The molecule has 1 amide bonds. The van der Waals surface area contributed by atoms with Gasteiger partial charge < -0.3 is 10.1 Å². The molecule has 0 bridgehead atoms. The molecule has 1 fully saturated rings. The molecule has 1 aliphatic rings. The molecule has 3 rings (SSSR count). The molecular formula is C22H27FN4O2. The van der Waals surface area contributed by atoms with Crippen molar-refractivity contribution in [1.29, 1.82) is 0 Å². The van der Waals surface area contributed by atoms with Crippen molar-refractivity contribution in [2.24, 2.45) is 4.99 Å². The lowest BCUT2D eigenvalue weighted by Gasteiger charge is -2.25. The van der Waals surface area contributed by atoms with Crippen molar-refractivity contribution in [3.8, 4) is 0 Å². The summed E-state index contributed by atoms with van der Waals surface area (Å²) >= 11 is 0. The third kappa shape index (κ3) is 6.37. The highest BCUT2D eigenvalue weighted by atomic mass is 19.1. The summed E-state index contributed by atoms with van der Waals surface area (Å²) in [5, 5.41) is 6.07. The summed E-state index contributed by atoms with van der Waals surface area (Å²) in [6, 6.07) is 13.4. The van der Waals surface area contributed by atoms with Gasteiger partial charge in [0.15, 0.2) is 0 Å². The fourth-order valence-corrected chi connectivity index (χ4v) is 3.10. The van der Waals surface area contributed by atoms with Gasteiger partial charge in [0.25, 0.3) is 5.91 Å². The predicted molar refractivity (Wildman–Crippen MR) is 113 cm³/mol. The fraction of sp³-hybridized carbons (Fsp3) is 0.364. The van der Waals surface area contributed by atoms with Gasteiger partial charge in [-0.2, -0.15) is 0 Å². The Bertz CT molecular complexity index is 833. The van der Waals surface area contributed by atoms with Crippen LogP contribution in [0, 0.1) is 5.82 Å². The first kappa shape index (κ1) is 21.0. The van der Waals surface area contributed by atoms with Gasteiger partial charge in [-0.15, -0.1) is 0 Å². The lowest BCUT2D eigenvalue weighted by Crippen LogP contribution is -2.39. The average Bonchev–Trinajstić information content (AvgIpc) is 2.75. The number of anilines is 1. The molecule has 0 saturated carbocycles. The second-order valence-corrected chi connectivity index (χ2v) is 6.78. The van der Waals surface area contributed by atoms with E-state index in [1.165, 1.54) is 24.3 Å². The molecule has 7 heteroatoms. The van der Waals surface area contributed by atoms with Crippen molar-refractivity contribution < 1.29 is 13.9 Å². The van der Waals surface area contributed by atoms with Gasteiger partial charge in [0.2, 0.25) is 5.96 Å². The third-order valence-corrected chi connectivity index (χ3v) is 4.78. The standard InChI is InChI=1S/C22H27FN4O2/c1-2-17-5-3-4-6-20(17)25-22(24-11-12-27-13-15-29-16-14-27)26-21(28)18-7-9-19(23)10-8-18/h3-10H,2,11-16H2,1H3,(H2,24,25,26,28). The van der Waals surface area contributed by atoms with Crippen LogP contribution in [-0.4, -0.2) is 56.2 Å². The van der Waals surface area contributed by atoms with Crippen LogP contribution >= 0.6 is 0 Å². The number of rotatable bonds is 6. The van der Waals surface area contributed by atoms with Gasteiger partial charge in [-0.3, -0.25) is 20.0 Å². The highest BCUT2D eigenvalue weighted by Gasteiger charge is 2.12. The molecule has 2 N–H and O–H groups in total. The maximum Gasteiger partial charge on any atom is 0.257 e. The molecule has 0 aromatic heterocycles. The van der Waals surface area contributed by atoms with E-state index >= 15 is 0 Å². The molecule has 29 heavy (non-hydrogen) atoms. The maximum atomic E-state index is 13.1. The fourth-order valence-electron chi connectivity index (χ4n) is 3.10. The SMILES string of the molecule is CCc1ccccc1NC(=NCCN1CCOCC1)NC(=O)c1ccc(F)cc1. The topological polar surface area (TPSA) is 66.0 Å². The summed E-state index contributed by atoms with van der Waals surface area (Å²) in [6.45, 7) is 6.65. The number of ether oxygens (including phenoxy) is 1. The number of nitrogens with zero attached hydrogens (tertiary/aromatic N) is 2. The van der Waals surface area contributed by atoms with Crippen LogP contribution in [0.15, 0.2) is 53.5 Å². The normalized spacial score (nSPS) is 15.2. The molecular weight excluding hydrogens is 371 g/mol. The van der Waals surface area contributed by atoms with E-state index in [9.17, 15) is 9.18 Å². The number of halogens is 1. The average molecular weight is 398 g/mol. The van der Waals surface area contributed by atoms with Crippen LogP contribution in [0.25, 0.3) is 0 Å². The molecule has 0 atom stereocenters. The Kier molecular flexibility index (Phi) is 7.72. The van der Waals surface area contributed by atoms with Gasteiger partial charge in [-0.1, -0.05) is 25.1 Å². The quantitative estimate of drug-likeness (QED) is 0.580. The van der Waals surface area contributed by atoms with Crippen molar-refractivity contribution in [2.75, 3.05) is 44.7 Å². The first-order valence-electron chi connectivity index (χ1n) is 9.92. The maximum absolute atomic E-state index is 13.1. The van der Waals surface area contributed by atoms with E-state index in [2.05, 4.69) is 27.4 Å². The van der Waals surface area contributed by atoms with E-state index in [1.54, 1.807) is 0 Å². The Balaban J connectivity index is 1.71. The number of guanidine groups is 1. The van der Waals surface area contributed by atoms with Crippen LogP contribution in [0.5, 0.6) is 0 Å². The molecule has 1 saturated heterocycles. The third-order valence-electron chi connectivity index (χ3n) is 4.78. The zero-order valence-electron chi connectivity index (χ0n) is 16.7. The van der Waals surface area contributed by atoms with Crippen molar-refractivity contribution in [3.63, 3.8) is 0 Å². The Morgan fingerprint density at radius 3 is 2.59 bits per heavy atom. The minimum Gasteiger partial charge on any atom is -0.379 e. The molecule has 154 valence electrons. The van der Waals surface area contributed by atoms with Crippen molar-refractivity contribution in [1.82, 2.24) is 10.2 Å². The van der Waals surface area contributed by atoms with Crippen LogP contribution in [0.1, 0.15) is 22.8 Å². The second-order valence-electron chi connectivity index (χ2n) is 6.78. The van der Waals surface area contributed by atoms with Crippen molar-refractivity contribution >= 4 is 17.6 Å². The highest BCUT2D eigenvalue weighted by Crippen LogP contribution is 2.15. The molecule has 2 aromatic carbocycles. The molecule has 0 unspecified atom stereocenters. The number of amides is 1. The van der Waals surface area contributed by atoms with Crippen LogP contribution in [0.3, 0.4) is 0 Å². The molecule has 0 aliphatic carbocycles. The van der Waals surface area contributed by atoms with Crippen LogP contribution < -0.4 is 10.6 Å². The molecule has 1 aliphatic heterocycles. The lowest BCUT2D eigenvalue weighted by molar-refractivity contribution is 0.0394. The number of aliphatic imine (C=N–C) groups is 1. The van der Waals surface area contributed by atoms with Gasteiger partial charge in [-0.05, 0) is 42.3 Å². The zero-order chi connectivity index (χ0) is 20.5. The number of morpholine rings is 1. The highest BCUT2D eigenvalue weighted by molar-refractivity contribution is 6.10. The van der Waals surface area contributed by atoms with Crippen LogP contribution in [-0.2, 0) is 11.2 Å². The Morgan fingerprint density at radius 2 is 1.86 bits per heavy atom. The lowest BCUT2D eigenvalue weighted by atomic mass is 10.1. The number of para-hydroxylation sites is 1. The molecule has 2 aromatic rings. The van der Waals surface area contributed by atoms with E-state index in [-0.39, 0.29) is 11.7 Å². The van der Waals surface area contributed by atoms with E-state index in [0.29, 0.717) is 18.1 Å². The number of carbonyl (C=O) groups excluding carboxylic acids is 1. The number of nitrogens with one attached hydrogen (secondary N) is 2.